The van der Waals surface area contributed by atoms with E-state index in [1.807, 2.05) is 24.3 Å². The number of nitrogen functional groups attached to an aromatic ring is 1. The second-order valence-electron chi connectivity index (χ2n) is 4.38. The molecule has 3 aromatic rings. The first-order valence-corrected chi connectivity index (χ1v) is 6.88. The largest absolute Gasteiger partial charge is 0.396 e. The molecule has 0 saturated heterocycles. The number of nitrogens with zero attached hydrogens (tertiary/aromatic N) is 1. The minimum absolute atomic E-state index is 0.0985. The zero-order valence-corrected chi connectivity index (χ0v) is 11.3. The van der Waals surface area contributed by atoms with E-state index in [9.17, 15) is 9.18 Å². The average molecular weight is 286 g/mol. The Morgan fingerprint density at radius 2 is 2.00 bits per heavy atom. The summed E-state index contributed by atoms with van der Waals surface area (Å²) in [5, 5.41) is 0.708. The molecule has 3 rings (SSSR count). The Hall–Kier alpha value is -2.27. The number of ketones is 1. The van der Waals surface area contributed by atoms with Gasteiger partial charge in [-0.15, -0.1) is 11.3 Å². The van der Waals surface area contributed by atoms with E-state index in [1.165, 1.54) is 29.5 Å². The second kappa shape index (κ2) is 5.02. The van der Waals surface area contributed by atoms with Gasteiger partial charge in [0.2, 0.25) is 0 Å². The Kier molecular flexibility index (Phi) is 3.20. The summed E-state index contributed by atoms with van der Waals surface area (Å²) >= 11 is 1.46. The van der Waals surface area contributed by atoms with Gasteiger partial charge in [-0.3, -0.25) is 4.79 Å². The van der Waals surface area contributed by atoms with E-state index in [0.717, 1.165) is 10.2 Å². The standard InChI is InChI=1S/C15H11FN2OS/c16-10-5-3-4-9(15(10)17)12(19)8-14-18-11-6-1-2-7-13(11)20-14/h1-7H,8,17H2. The molecule has 0 aliphatic carbocycles. The first kappa shape index (κ1) is 12.7. The van der Waals surface area contributed by atoms with E-state index in [0.29, 0.717) is 5.01 Å². The molecule has 0 aliphatic rings. The molecule has 0 aliphatic heterocycles. The van der Waals surface area contributed by atoms with Gasteiger partial charge in [0.05, 0.1) is 22.3 Å². The SMILES string of the molecule is Nc1c(F)cccc1C(=O)Cc1nc2ccccc2s1. The second-order valence-corrected chi connectivity index (χ2v) is 5.49. The molecule has 0 unspecified atom stereocenters. The molecule has 0 radical (unpaired) electrons. The van der Waals surface area contributed by atoms with Crippen molar-refractivity contribution in [3.05, 3.63) is 58.9 Å². The molecule has 0 fully saturated rings. The van der Waals surface area contributed by atoms with Crippen molar-refractivity contribution in [1.29, 1.82) is 0 Å². The fourth-order valence-electron chi connectivity index (χ4n) is 2.01. The number of para-hydroxylation sites is 2. The van der Waals surface area contributed by atoms with Crippen molar-refractivity contribution < 1.29 is 9.18 Å². The highest BCUT2D eigenvalue weighted by molar-refractivity contribution is 7.18. The van der Waals surface area contributed by atoms with Crippen LogP contribution in [-0.2, 0) is 6.42 Å². The van der Waals surface area contributed by atoms with Crippen LogP contribution in [0.1, 0.15) is 15.4 Å². The van der Waals surface area contributed by atoms with Crippen LogP contribution in [0.15, 0.2) is 42.5 Å². The maximum Gasteiger partial charge on any atom is 0.171 e. The van der Waals surface area contributed by atoms with Gasteiger partial charge in [-0.05, 0) is 24.3 Å². The number of anilines is 1. The highest BCUT2D eigenvalue weighted by Gasteiger charge is 2.15. The fourth-order valence-corrected chi connectivity index (χ4v) is 2.97. The number of halogens is 1. The summed E-state index contributed by atoms with van der Waals surface area (Å²) in [5.74, 6) is -0.791. The van der Waals surface area contributed by atoms with Gasteiger partial charge >= 0.3 is 0 Å². The molecular formula is C15H11FN2OS. The van der Waals surface area contributed by atoms with E-state index in [1.54, 1.807) is 0 Å². The topological polar surface area (TPSA) is 56.0 Å². The van der Waals surface area contributed by atoms with Gasteiger partial charge in [0, 0.05) is 5.56 Å². The number of hydrogen-bond donors (Lipinski definition) is 1. The lowest BCUT2D eigenvalue weighted by Gasteiger charge is -2.03. The van der Waals surface area contributed by atoms with E-state index in [-0.39, 0.29) is 23.5 Å². The van der Waals surface area contributed by atoms with Crippen LogP contribution in [0.2, 0.25) is 0 Å². The lowest BCUT2D eigenvalue weighted by molar-refractivity contribution is 0.0993. The van der Waals surface area contributed by atoms with Crippen LogP contribution in [0.4, 0.5) is 10.1 Å². The van der Waals surface area contributed by atoms with E-state index < -0.39 is 5.82 Å². The fraction of sp³-hybridized carbons (Fsp3) is 0.0667. The Bertz CT molecular complexity index is 764. The lowest BCUT2D eigenvalue weighted by Crippen LogP contribution is -2.08. The zero-order valence-electron chi connectivity index (χ0n) is 10.5. The molecule has 2 N–H and O–H groups in total. The number of fused-ring (bicyclic) bond motifs is 1. The highest BCUT2D eigenvalue weighted by atomic mass is 32.1. The monoisotopic (exact) mass is 286 g/mol. The van der Waals surface area contributed by atoms with Gasteiger partial charge in [0.15, 0.2) is 5.78 Å². The number of hydrogen-bond acceptors (Lipinski definition) is 4. The third-order valence-corrected chi connectivity index (χ3v) is 4.04. The molecule has 100 valence electrons. The smallest absolute Gasteiger partial charge is 0.171 e. The van der Waals surface area contributed by atoms with Gasteiger partial charge in [-0.1, -0.05) is 18.2 Å². The number of carbonyl (C=O) groups excluding carboxylic acids is 1. The van der Waals surface area contributed by atoms with Crippen molar-refractivity contribution in [2.45, 2.75) is 6.42 Å². The summed E-state index contributed by atoms with van der Waals surface area (Å²) in [7, 11) is 0. The molecular weight excluding hydrogens is 275 g/mol. The van der Waals surface area contributed by atoms with Crippen LogP contribution in [-0.4, -0.2) is 10.8 Å². The van der Waals surface area contributed by atoms with Crippen molar-refractivity contribution in [3.8, 4) is 0 Å². The number of aromatic nitrogens is 1. The van der Waals surface area contributed by atoms with Crippen LogP contribution >= 0.6 is 11.3 Å². The predicted octanol–water partition coefficient (Wildman–Crippen LogP) is 3.44. The molecule has 1 heterocycles. The lowest BCUT2D eigenvalue weighted by atomic mass is 10.1. The summed E-state index contributed by atoms with van der Waals surface area (Å²) in [4.78, 5) is 16.6. The minimum Gasteiger partial charge on any atom is -0.396 e. The van der Waals surface area contributed by atoms with Crippen LogP contribution < -0.4 is 5.73 Å². The molecule has 2 aromatic carbocycles. The molecule has 20 heavy (non-hydrogen) atoms. The number of Topliss-reactive ketones (excluding diaryl/α,β-unsaturated/α-hetero) is 1. The summed E-state index contributed by atoms with van der Waals surface area (Å²) in [6.07, 6.45) is 0.132. The maximum absolute atomic E-state index is 13.4. The molecule has 0 atom stereocenters. The number of nitrogens with two attached hydrogens (primary N) is 1. The predicted molar refractivity (Wildman–Crippen MR) is 78.5 cm³/mol. The Balaban J connectivity index is 1.90. The first-order chi connectivity index (χ1) is 9.65. The van der Waals surface area contributed by atoms with Gasteiger partial charge in [0.1, 0.15) is 10.8 Å². The van der Waals surface area contributed by atoms with Crippen molar-refractivity contribution in [2.24, 2.45) is 0 Å². The summed E-state index contributed by atoms with van der Waals surface area (Å²) in [6.45, 7) is 0. The Labute approximate surface area is 118 Å². The van der Waals surface area contributed by atoms with E-state index >= 15 is 0 Å². The molecule has 0 saturated carbocycles. The third kappa shape index (κ3) is 2.28. The molecule has 0 bridgehead atoms. The van der Waals surface area contributed by atoms with Crippen LogP contribution in [0.25, 0.3) is 10.2 Å². The van der Waals surface area contributed by atoms with Gasteiger partial charge in [-0.2, -0.15) is 0 Å². The first-order valence-electron chi connectivity index (χ1n) is 6.07. The number of benzene rings is 2. The number of thiazole rings is 1. The summed E-state index contributed by atoms with van der Waals surface area (Å²) in [5.41, 5.74) is 6.58. The van der Waals surface area contributed by atoms with Gasteiger partial charge < -0.3 is 5.73 Å². The molecule has 5 heteroatoms. The summed E-state index contributed by atoms with van der Waals surface area (Å²) in [6, 6.07) is 11.9. The van der Waals surface area contributed by atoms with E-state index in [4.69, 9.17) is 5.73 Å². The molecule has 1 aromatic heterocycles. The minimum atomic E-state index is -0.569. The summed E-state index contributed by atoms with van der Waals surface area (Å²) < 4.78 is 14.4. The molecule has 3 nitrogen and oxygen atoms in total. The highest BCUT2D eigenvalue weighted by Crippen LogP contribution is 2.24. The van der Waals surface area contributed by atoms with Crippen LogP contribution in [0.5, 0.6) is 0 Å². The molecule has 0 spiro atoms. The normalized spacial score (nSPS) is 10.8. The van der Waals surface area contributed by atoms with Crippen molar-refractivity contribution >= 4 is 33.0 Å². The van der Waals surface area contributed by atoms with E-state index in [2.05, 4.69) is 4.98 Å². The van der Waals surface area contributed by atoms with Crippen molar-refractivity contribution in [2.75, 3.05) is 5.73 Å². The van der Waals surface area contributed by atoms with Crippen LogP contribution in [0.3, 0.4) is 0 Å². The maximum atomic E-state index is 13.4. The number of carbonyl (C=O) groups is 1. The van der Waals surface area contributed by atoms with Gasteiger partial charge in [0.25, 0.3) is 0 Å². The third-order valence-electron chi connectivity index (χ3n) is 3.00. The van der Waals surface area contributed by atoms with Crippen molar-refractivity contribution in [1.82, 2.24) is 4.98 Å². The number of rotatable bonds is 3. The van der Waals surface area contributed by atoms with Gasteiger partial charge in [-0.25, -0.2) is 9.37 Å². The van der Waals surface area contributed by atoms with Crippen molar-refractivity contribution in [3.63, 3.8) is 0 Å². The molecule has 0 amide bonds. The quantitative estimate of drug-likeness (QED) is 0.592. The zero-order chi connectivity index (χ0) is 14.1. The Morgan fingerprint density at radius 3 is 2.80 bits per heavy atom. The van der Waals surface area contributed by atoms with Crippen LogP contribution in [0, 0.1) is 5.82 Å². The average Bonchev–Trinajstić information content (AvgIpc) is 2.83. The Morgan fingerprint density at radius 1 is 1.20 bits per heavy atom.